The largest absolute Gasteiger partial charge is 0.347 e. The molecule has 17 heavy (non-hydrogen) atoms. The number of hydrogen-bond acceptors (Lipinski definition) is 3. The molecule has 0 bridgehead atoms. The Hall–Kier alpha value is -1.42. The lowest BCUT2D eigenvalue weighted by Gasteiger charge is -2.14. The third-order valence-corrected chi connectivity index (χ3v) is 3.33. The fourth-order valence-corrected chi connectivity index (χ4v) is 2.46. The Labute approximate surface area is 105 Å². The van der Waals surface area contributed by atoms with Crippen LogP contribution in [0, 0.1) is 0 Å². The van der Waals surface area contributed by atoms with Crippen molar-refractivity contribution >= 4 is 11.3 Å². The molecule has 2 aromatic rings. The van der Waals surface area contributed by atoms with Crippen LogP contribution in [-0.4, -0.2) is 9.55 Å². The van der Waals surface area contributed by atoms with E-state index in [2.05, 4.69) is 31.1 Å². The number of hydrogen-bond donors (Lipinski definition) is 0. The summed E-state index contributed by atoms with van der Waals surface area (Å²) in [5.74, 6) is 0. The highest BCUT2D eigenvalue weighted by atomic mass is 32.1. The molecule has 0 aliphatic rings. The van der Waals surface area contributed by atoms with Crippen LogP contribution in [0.1, 0.15) is 31.5 Å². The fraction of sp³-hybridized carbons (Fsp3) is 0.385. The Morgan fingerprint density at radius 1 is 1.29 bits per heavy atom. The fourth-order valence-electron chi connectivity index (χ4n) is 1.43. The maximum absolute atomic E-state index is 11.0. The van der Waals surface area contributed by atoms with E-state index in [-0.39, 0.29) is 10.8 Å². The molecule has 0 amide bonds. The molecule has 3 nitrogen and oxygen atoms in total. The predicted molar refractivity (Wildman–Crippen MR) is 70.6 cm³/mol. The smallest absolute Gasteiger partial charge is 0.181 e. The number of nitrogens with zero attached hydrogens (tertiary/aromatic N) is 2. The van der Waals surface area contributed by atoms with Crippen LogP contribution in [0.25, 0.3) is 0 Å². The van der Waals surface area contributed by atoms with Gasteiger partial charge in [0, 0.05) is 35.3 Å². The van der Waals surface area contributed by atoms with Gasteiger partial charge in [0.1, 0.15) is 5.01 Å². The molecule has 2 aromatic heterocycles. The molecule has 0 aliphatic heterocycles. The van der Waals surface area contributed by atoms with Crippen LogP contribution in [0.15, 0.2) is 34.7 Å². The highest BCUT2D eigenvalue weighted by molar-refractivity contribution is 7.09. The van der Waals surface area contributed by atoms with Gasteiger partial charge in [0.05, 0.1) is 12.2 Å². The summed E-state index contributed by atoms with van der Waals surface area (Å²) in [6.45, 7) is 7.20. The molecule has 0 spiro atoms. The molecular formula is C13H16N2OS. The zero-order valence-corrected chi connectivity index (χ0v) is 11.1. The van der Waals surface area contributed by atoms with Gasteiger partial charge in [-0.1, -0.05) is 20.8 Å². The third-order valence-electron chi connectivity index (χ3n) is 2.50. The van der Waals surface area contributed by atoms with Crippen molar-refractivity contribution in [2.45, 2.75) is 32.7 Å². The molecule has 0 radical (unpaired) electrons. The molecule has 0 aliphatic carbocycles. The summed E-state index contributed by atoms with van der Waals surface area (Å²) in [6, 6.07) is 3.14. The Bertz CT molecular complexity index is 543. The molecule has 0 aromatic carbocycles. The molecular weight excluding hydrogens is 232 g/mol. The predicted octanol–water partition coefficient (Wildman–Crippen LogP) is 2.65. The second-order valence-electron chi connectivity index (χ2n) is 5.08. The molecule has 0 saturated heterocycles. The van der Waals surface area contributed by atoms with Gasteiger partial charge in [0.25, 0.3) is 0 Å². The second kappa shape index (κ2) is 4.45. The van der Waals surface area contributed by atoms with Gasteiger partial charge in [0.2, 0.25) is 0 Å². The summed E-state index contributed by atoms with van der Waals surface area (Å²) in [5, 5.41) is 3.18. The first-order valence-corrected chi connectivity index (χ1v) is 6.44. The van der Waals surface area contributed by atoms with Crippen molar-refractivity contribution in [1.29, 1.82) is 0 Å². The number of rotatable bonds is 2. The average molecular weight is 248 g/mol. The maximum atomic E-state index is 11.0. The van der Waals surface area contributed by atoms with Gasteiger partial charge in [0.15, 0.2) is 5.43 Å². The molecule has 2 rings (SSSR count). The first-order chi connectivity index (χ1) is 7.95. The lowest BCUT2D eigenvalue weighted by atomic mass is 9.93. The summed E-state index contributed by atoms with van der Waals surface area (Å²) in [7, 11) is 0. The van der Waals surface area contributed by atoms with Gasteiger partial charge in [-0.2, -0.15) is 0 Å². The van der Waals surface area contributed by atoms with E-state index in [0.717, 1.165) is 17.2 Å². The second-order valence-corrected chi connectivity index (χ2v) is 6.03. The molecule has 0 saturated carbocycles. The van der Waals surface area contributed by atoms with E-state index < -0.39 is 0 Å². The minimum Gasteiger partial charge on any atom is -0.347 e. The van der Waals surface area contributed by atoms with E-state index in [1.54, 1.807) is 35.9 Å². The molecule has 4 heteroatoms. The van der Waals surface area contributed by atoms with Crippen LogP contribution >= 0.6 is 11.3 Å². The van der Waals surface area contributed by atoms with Crippen molar-refractivity contribution in [3.8, 4) is 0 Å². The lowest BCUT2D eigenvalue weighted by molar-refractivity contribution is 0.569. The van der Waals surface area contributed by atoms with Crippen LogP contribution < -0.4 is 5.43 Å². The summed E-state index contributed by atoms with van der Waals surface area (Å²) < 4.78 is 1.96. The van der Waals surface area contributed by atoms with Crippen molar-refractivity contribution in [1.82, 2.24) is 9.55 Å². The highest BCUT2D eigenvalue weighted by Gasteiger charge is 2.17. The van der Waals surface area contributed by atoms with E-state index in [9.17, 15) is 4.79 Å². The molecule has 2 heterocycles. The molecule has 0 unspecified atom stereocenters. The SMILES string of the molecule is CC(C)(C)c1csc(Cn2ccc(=O)cc2)n1. The number of thiazole rings is 1. The maximum Gasteiger partial charge on any atom is 0.181 e. The van der Waals surface area contributed by atoms with Crippen LogP contribution in [-0.2, 0) is 12.0 Å². The van der Waals surface area contributed by atoms with Crippen molar-refractivity contribution in [2.75, 3.05) is 0 Å². The van der Waals surface area contributed by atoms with Crippen molar-refractivity contribution in [2.24, 2.45) is 0 Å². The minimum atomic E-state index is 0.0377. The van der Waals surface area contributed by atoms with Gasteiger partial charge in [-0.05, 0) is 0 Å². The molecule has 0 atom stereocenters. The van der Waals surface area contributed by atoms with E-state index >= 15 is 0 Å². The van der Waals surface area contributed by atoms with Gasteiger partial charge >= 0.3 is 0 Å². The summed E-state index contributed by atoms with van der Waals surface area (Å²) in [4.78, 5) is 15.6. The van der Waals surface area contributed by atoms with Crippen LogP contribution in [0.2, 0.25) is 0 Å². The van der Waals surface area contributed by atoms with Crippen molar-refractivity contribution in [3.05, 3.63) is 50.8 Å². The first kappa shape index (κ1) is 12.0. The monoisotopic (exact) mass is 248 g/mol. The lowest BCUT2D eigenvalue weighted by Crippen LogP contribution is -2.12. The Balaban J connectivity index is 2.17. The topological polar surface area (TPSA) is 34.9 Å². The molecule has 90 valence electrons. The first-order valence-electron chi connectivity index (χ1n) is 5.56. The summed E-state index contributed by atoms with van der Waals surface area (Å²) >= 11 is 1.67. The van der Waals surface area contributed by atoms with Crippen LogP contribution in [0.3, 0.4) is 0 Å². The summed E-state index contributed by atoms with van der Waals surface area (Å²) in [6.07, 6.45) is 3.58. The Morgan fingerprint density at radius 2 is 1.94 bits per heavy atom. The standard InChI is InChI=1S/C13H16N2OS/c1-13(2,3)11-9-17-12(14-11)8-15-6-4-10(16)5-7-15/h4-7,9H,8H2,1-3H3. The average Bonchev–Trinajstić information content (AvgIpc) is 2.69. The normalized spacial score (nSPS) is 11.7. The van der Waals surface area contributed by atoms with E-state index in [1.807, 2.05) is 4.57 Å². The quantitative estimate of drug-likeness (QED) is 0.819. The van der Waals surface area contributed by atoms with Gasteiger partial charge < -0.3 is 4.57 Å². The van der Waals surface area contributed by atoms with Gasteiger partial charge in [-0.3, -0.25) is 4.79 Å². The van der Waals surface area contributed by atoms with Crippen molar-refractivity contribution in [3.63, 3.8) is 0 Å². The zero-order chi connectivity index (χ0) is 12.5. The third kappa shape index (κ3) is 3.03. The highest BCUT2D eigenvalue weighted by Crippen LogP contribution is 2.24. The minimum absolute atomic E-state index is 0.0377. The van der Waals surface area contributed by atoms with Crippen LogP contribution in [0.5, 0.6) is 0 Å². The Kier molecular flexibility index (Phi) is 3.15. The molecule has 0 fully saturated rings. The number of pyridine rings is 1. The van der Waals surface area contributed by atoms with Crippen LogP contribution in [0.4, 0.5) is 0 Å². The summed E-state index contributed by atoms with van der Waals surface area (Å²) in [5.41, 5.74) is 1.26. The van der Waals surface area contributed by atoms with E-state index in [1.165, 1.54) is 0 Å². The molecule has 0 N–H and O–H groups in total. The number of aromatic nitrogens is 2. The van der Waals surface area contributed by atoms with Gasteiger partial charge in [-0.25, -0.2) is 4.98 Å². The Morgan fingerprint density at radius 3 is 2.47 bits per heavy atom. The zero-order valence-electron chi connectivity index (χ0n) is 10.3. The van der Waals surface area contributed by atoms with E-state index in [0.29, 0.717) is 0 Å². The van der Waals surface area contributed by atoms with Gasteiger partial charge in [-0.15, -0.1) is 11.3 Å². The van der Waals surface area contributed by atoms with Crippen molar-refractivity contribution < 1.29 is 0 Å². The van der Waals surface area contributed by atoms with E-state index in [4.69, 9.17) is 0 Å².